The van der Waals surface area contributed by atoms with E-state index in [0.717, 1.165) is 31.7 Å². The Kier molecular flexibility index (Phi) is 6.62. The van der Waals surface area contributed by atoms with E-state index < -0.39 is 0 Å². The normalized spacial score (nSPS) is 27.0. The van der Waals surface area contributed by atoms with Crippen LogP contribution in [0, 0.1) is 5.92 Å². The summed E-state index contributed by atoms with van der Waals surface area (Å²) in [5.74, 6) is 0.720. The van der Waals surface area contributed by atoms with Crippen LogP contribution in [0.4, 0.5) is 0 Å². The number of likely N-dealkylation sites (N-methyl/N-ethyl adjacent to an activating group) is 1. The molecule has 0 amide bonds. The minimum absolute atomic E-state index is 0.620. The third-order valence-corrected chi connectivity index (χ3v) is 4.87. The SMILES string of the molecule is CCCNC(CN(C)C1CCCCC1)C1CCOC1. The summed E-state index contributed by atoms with van der Waals surface area (Å²) in [6, 6.07) is 1.44. The number of hydrogen-bond donors (Lipinski definition) is 1. The molecule has 2 unspecified atom stereocenters. The Labute approximate surface area is 119 Å². The molecule has 19 heavy (non-hydrogen) atoms. The zero-order valence-electron chi connectivity index (χ0n) is 12.9. The van der Waals surface area contributed by atoms with Gasteiger partial charge in [-0.15, -0.1) is 0 Å². The molecule has 0 bridgehead atoms. The van der Waals surface area contributed by atoms with Crippen molar-refractivity contribution in [2.24, 2.45) is 5.92 Å². The van der Waals surface area contributed by atoms with Gasteiger partial charge in [-0.05, 0) is 39.3 Å². The zero-order chi connectivity index (χ0) is 13.5. The van der Waals surface area contributed by atoms with Crippen LogP contribution >= 0.6 is 0 Å². The number of nitrogens with one attached hydrogen (secondary N) is 1. The molecule has 2 aliphatic rings. The van der Waals surface area contributed by atoms with Crippen molar-refractivity contribution >= 4 is 0 Å². The van der Waals surface area contributed by atoms with Crippen molar-refractivity contribution in [2.45, 2.75) is 64.0 Å². The maximum Gasteiger partial charge on any atom is 0.0510 e. The van der Waals surface area contributed by atoms with Gasteiger partial charge in [-0.3, -0.25) is 0 Å². The van der Waals surface area contributed by atoms with E-state index >= 15 is 0 Å². The Bertz CT molecular complexity index is 235. The second-order valence-electron chi connectivity index (χ2n) is 6.42. The summed E-state index contributed by atoms with van der Waals surface area (Å²) in [5, 5.41) is 3.76. The lowest BCUT2D eigenvalue weighted by Gasteiger charge is -2.35. The fourth-order valence-electron chi connectivity index (χ4n) is 3.56. The van der Waals surface area contributed by atoms with E-state index in [1.165, 1.54) is 51.5 Å². The first kappa shape index (κ1) is 15.3. The van der Waals surface area contributed by atoms with Crippen molar-refractivity contribution in [3.8, 4) is 0 Å². The van der Waals surface area contributed by atoms with Crippen LogP contribution in [-0.2, 0) is 4.74 Å². The van der Waals surface area contributed by atoms with Gasteiger partial charge in [-0.25, -0.2) is 0 Å². The van der Waals surface area contributed by atoms with Crippen molar-refractivity contribution in [3.63, 3.8) is 0 Å². The van der Waals surface area contributed by atoms with E-state index in [4.69, 9.17) is 4.74 Å². The average Bonchev–Trinajstić information content (AvgIpc) is 2.98. The van der Waals surface area contributed by atoms with Gasteiger partial charge in [0.15, 0.2) is 0 Å². The molecule has 0 aromatic rings. The van der Waals surface area contributed by atoms with Crippen molar-refractivity contribution in [1.82, 2.24) is 10.2 Å². The van der Waals surface area contributed by atoms with Crippen LogP contribution in [0.3, 0.4) is 0 Å². The number of nitrogens with zero attached hydrogens (tertiary/aromatic N) is 1. The summed E-state index contributed by atoms with van der Waals surface area (Å²) in [5.41, 5.74) is 0. The zero-order valence-corrected chi connectivity index (χ0v) is 12.9. The molecule has 1 aliphatic heterocycles. The second kappa shape index (κ2) is 8.23. The minimum Gasteiger partial charge on any atom is -0.381 e. The number of hydrogen-bond acceptors (Lipinski definition) is 3. The third-order valence-electron chi connectivity index (χ3n) is 4.87. The van der Waals surface area contributed by atoms with Crippen LogP contribution in [0.15, 0.2) is 0 Å². The van der Waals surface area contributed by atoms with Gasteiger partial charge in [-0.1, -0.05) is 26.2 Å². The van der Waals surface area contributed by atoms with Crippen LogP contribution in [0.5, 0.6) is 0 Å². The lowest BCUT2D eigenvalue weighted by atomic mass is 9.92. The smallest absolute Gasteiger partial charge is 0.0510 e. The fourth-order valence-corrected chi connectivity index (χ4v) is 3.56. The lowest BCUT2D eigenvalue weighted by Crippen LogP contribution is -2.48. The highest BCUT2D eigenvalue weighted by Crippen LogP contribution is 2.23. The van der Waals surface area contributed by atoms with Gasteiger partial charge in [0, 0.05) is 31.2 Å². The van der Waals surface area contributed by atoms with E-state index in [1.807, 2.05) is 0 Å². The molecule has 3 nitrogen and oxygen atoms in total. The maximum atomic E-state index is 5.59. The molecule has 1 heterocycles. The topological polar surface area (TPSA) is 24.5 Å². The molecule has 2 fully saturated rings. The maximum absolute atomic E-state index is 5.59. The monoisotopic (exact) mass is 268 g/mol. The first-order valence-electron chi connectivity index (χ1n) is 8.32. The quantitative estimate of drug-likeness (QED) is 0.768. The molecule has 112 valence electrons. The summed E-state index contributed by atoms with van der Waals surface area (Å²) in [4.78, 5) is 2.62. The van der Waals surface area contributed by atoms with E-state index in [-0.39, 0.29) is 0 Å². The first-order chi connectivity index (χ1) is 9.31. The summed E-state index contributed by atoms with van der Waals surface area (Å²) in [6.45, 7) is 6.50. The largest absolute Gasteiger partial charge is 0.381 e. The average molecular weight is 268 g/mol. The second-order valence-corrected chi connectivity index (χ2v) is 6.42. The molecule has 0 radical (unpaired) electrons. The Morgan fingerprint density at radius 3 is 2.63 bits per heavy atom. The Morgan fingerprint density at radius 1 is 1.21 bits per heavy atom. The van der Waals surface area contributed by atoms with Gasteiger partial charge in [-0.2, -0.15) is 0 Å². The van der Waals surface area contributed by atoms with E-state index in [9.17, 15) is 0 Å². The molecular formula is C16H32N2O. The van der Waals surface area contributed by atoms with E-state index in [0.29, 0.717) is 6.04 Å². The molecular weight excluding hydrogens is 236 g/mol. The molecule has 2 atom stereocenters. The number of ether oxygens (including phenoxy) is 1. The number of rotatable bonds is 7. The first-order valence-corrected chi connectivity index (χ1v) is 8.32. The van der Waals surface area contributed by atoms with E-state index in [1.54, 1.807) is 0 Å². The van der Waals surface area contributed by atoms with Crippen LogP contribution in [0.25, 0.3) is 0 Å². The highest BCUT2D eigenvalue weighted by Gasteiger charge is 2.28. The van der Waals surface area contributed by atoms with Gasteiger partial charge >= 0.3 is 0 Å². The Balaban J connectivity index is 1.82. The van der Waals surface area contributed by atoms with Gasteiger partial charge in [0.1, 0.15) is 0 Å². The van der Waals surface area contributed by atoms with Crippen molar-refractivity contribution in [2.75, 3.05) is 33.4 Å². The molecule has 1 saturated carbocycles. The minimum atomic E-state index is 0.620. The highest BCUT2D eigenvalue weighted by atomic mass is 16.5. The Hall–Kier alpha value is -0.120. The Morgan fingerprint density at radius 2 is 2.00 bits per heavy atom. The molecule has 1 N–H and O–H groups in total. The van der Waals surface area contributed by atoms with Crippen molar-refractivity contribution in [3.05, 3.63) is 0 Å². The highest BCUT2D eigenvalue weighted by molar-refractivity contribution is 4.84. The van der Waals surface area contributed by atoms with Crippen LogP contribution in [-0.4, -0.2) is 50.3 Å². The fraction of sp³-hybridized carbons (Fsp3) is 1.00. The van der Waals surface area contributed by atoms with E-state index in [2.05, 4.69) is 24.2 Å². The summed E-state index contributed by atoms with van der Waals surface area (Å²) in [7, 11) is 2.33. The molecule has 0 spiro atoms. The summed E-state index contributed by atoms with van der Waals surface area (Å²) >= 11 is 0. The molecule has 1 saturated heterocycles. The third kappa shape index (κ3) is 4.73. The van der Waals surface area contributed by atoms with Gasteiger partial charge in [0.05, 0.1) is 6.61 Å². The van der Waals surface area contributed by atoms with Crippen molar-refractivity contribution in [1.29, 1.82) is 0 Å². The molecule has 1 aliphatic carbocycles. The predicted molar refractivity (Wildman–Crippen MR) is 80.5 cm³/mol. The van der Waals surface area contributed by atoms with Crippen LogP contribution in [0.1, 0.15) is 51.9 Å². The van der Waals surface area contributed by atoms with Gasteiger partial charge in [0.2, 0.25) is 0 Å². The lowest BCUT2D eigenvalue weighted by molar-refractivity contribution is 0.140. The summed E-state index contributed by atoms with van der Waals surface area (Å²) in [6.07, 6.45) is 9.55. The molecule has 0 aromatic heterocycles. The molecule has 2 rings (SSSR count). The molecule has 0 aromatic carbocycles. The predicted octanol–water partition coefficient (Wildman–Crippen LogP) is 2.66. The molecule has 3 heteroatoms. The van der Waals surface area contributed by atoms with Gasteiger partial charge < -0.3 is 15.0 Å². The van der Waals surface area contributed by atoms with Gasteiger partial charge in [0.25, 0.3) is 0 Å². The van der Waals surface area contributed by atoms with Crippen LogP contribution in [0.2, 0.25) is 0 Å². The van der Waals surface area contributed by atoms with Crippen molar-refractivity contribution < 1.29 is 4.74 Å². The van der Waals surface area contributed by atoms with Crippen LogP contribution < -0.4 is 5.32 Å². The summed E-state index contributed by atoms with van der Waals surface area (Å²) < 4.78 is 5.59. The standard InChI is InChI=1S/C16H32N2O/c1-3-10-17-16(14-9-11-19-13-14)12-18(2)15-7-5-4-6-8-15/h14-17H,3-13H2,1-2H3.